The van der Waals surface area contributed by atoms with Crippen molar-refractivity contribution in [1.82, 2.24) is 5.16 Å². The van der Waals surface area contributed by atoms with E-state index in [1.165, 1.54) is 0 Å². The van der Waals surface area contributed by atoms with Crippen molar-refractivity contribution >= 4 is 44.5 Å². The van der Waals surface area contributed by atoms with Crippen molar-refractivity contribution in [3.05, 3.63) is 52.5 Å². The van der Waals surface area contributed by atoms with Crippen LogP contribution in [-0.4, -0.2) is 20.7 Å². The third-order valence-corrected chi connectivity index (χ3v) is 5.48. The summed E-state index contributed by atoms with van der Waals surface area (Å²) in [5.74, 6) is 0. The quantitative estimate of drug-likeness (QED) is 0.448. The van der Waals surface area contributed by atoms with Crippen molar-refractivity contribution in [3.8, 4) is 11.3 Å². The Kier molecular flexibility index (Phi) is 4.80. The number of hydrogen-bond acceptors (Lipinski definition) is 4. The second-order valence-electron chi connectivity index (χ2n) is 6.33. The summed E-state index contributed by atoms with van der Waals surface area (Å²) in [6.07, 6.45) is 1.65. The van der Waals surface area contributed by atoms with Crippen molar-refractivity contribution < 1.29 is 9.08 Å². The smallest absolute Gasteiger partial charge is 0.168 e. The topological polar surface area (TPSA) is 61.5 Å². The number of nitrogens with zero attached hydrogens (tertiary/aromatic N) is 2. The minimum absolute atomic E-state index is 0.394. The Balaban J connectivity index is 2.08. The predicted octanol–water partition coefficient (Wildman–Crippen LogP) is 5.14. The van der Waals surface area contributed by atoms with Crippen molar-refractivity contribution in [2.75, 3.05) is 0 Å². The van der Waals surface area contributed by atoms with Crippen LogP contribution in [0.15, 0.2) is 55.9 Å². The van der Waals surface area contributed by atoms with Crippen molar-refractivity contribution in [1.29, 1.82) is 0 Å². The van der Waals surface area contributed by atoms with E-state index in [1.807, 2.05) is 63.2 Å². The predicted molar refractivity (Wildman–Crippen MR) is 103 cm³/mol. The number of benzene rings is 2. The normalized spacial score (nSPS) is 13.7. The minimum Gasteiger partial charge on any atom is -0.591 e. The van der Waals surface area contributed by atoms with Crippen molar-refractivity contribution in [2.45, 2.75) is 25.5 Å². The first-order valence-electron chi connectivity index (χ1n) is 7.47. The summed E-state index contributed by atoms with van der Waals surface area (Å²) >= 11 is 2.25. The zero-order chi connectivity index (χ0) is 17.3. The van der Waals surface area contributed by atoms with E-state index in [4.69, 9.17) is 4.52 Å². The van der Waals surface area contributed by atoms with Gasteiger partial charge < -0.3 is 9.08 Å². The highest BCUT2D eigenvalue weighted by molar-refractivity contribution is 9.10. The second kappa shape index (κ2) is 6.70. The lowest BCUT2D eigenvalue weighted by molar-refractivity contribution is 0.459. The maximum Gasteiger partial charge on any atom is 0.168 e. The van der Waals surface area contributed by atoms with E-state index in [-0.39, 0.29) is 0 Å². The Labute approximate surface area is 152 Å². The van der Waals surface area contributed by atoms with Gasteiger partial charge in [-0.3, -0.25) is 0 Å². The molecule has 6 heteroatoms. The third-order valence-electron chi connectivity index (χ3n) is 3.47. The summed E-state index contributed by atoms with van der Waals surface area (Å²) in [6.45, 7) is 5.69. The van der Waals surface area contributed by atoms with Gasteiger partial charge in [0.25, 0.3) is 0 Å². The molecule has 0 unspecified atom stereocenters. The van der Waals surface area contributed by atoms with Crippen LogP contribution in [0.2, 0.25) is 0 Å². The first-order valence-corrected chi connectivity index (χ1v) is 9.37. The van der Waals surface area contributed by atoms with E-state index in [2.05, 4.69) is 25.5 Å². The zero-order valence-electron chi connectivity index (χ0n) is 13.6. The molecule has 0 bridgehead atoms. The maximum atomic E-state index is 12.2. The van der Waals surface area contributed by atoms with Gasteiger partial charge in [0.1, 0.15) is 21.8 Å². The van der Waals surface area contributed by atoms with E-state index in [1.54, 1.807) is 6.21 Å². The summed E-state index contributed by atoms with van der Waals surface area (Å²) in [6, 6.07) is 13.5. The van der Waals surface area contributed by atoms with Gasteiger partial charge in [-0.1, -0.05) is 39.9 Å². The Bertz CT molecular complexity index is 899. The van der Waals surface area contributed by atoms with Gasteiger partial charge in [-0.05, 0) is 48.8 Å². The molecule has 0 amide bonds. The van der Waals surface area contributed by atoms with Gasteiger partial charge in [0.15, 0.2) is 5.58 Å². The van der Waals surface area contributed by atoms with Crippen LogP contribution in [0.25, 0.3) is 22.2 Å². The van der Waals surface area contributed by atoms with Crippen LogP contribution in [-0.2, 0) is 11.4 Å². The molecule has 124 valence electrons. The molecule has 3 aromatic rings. The molecule has 0 aliphatic carbocycles. The van der Waals surface area contributed by atoms with E-state index in [9.17, 15) is 4.55 Å². The van der Waals surface area contributed by atoms with Crippen LogP contribution >= 0.6 is 15.9 Å². The van der Waals surface area contributed by atoms with Gasteiger partial charge in [0, 0.05) is 15.6 Å². The van der Waals surface area contributed by atoms with Gasteiger partial charge in [-0.2, -0.15) is 0 Å². The summed E-state index contributed by atoms with van der Waals surface area (Å²) in [5, 5.41) is 5.13. The summed E-state index contributed by atoms with van der Waals surface area (Å²) in [7, 11) is 0. The highest BCUT2D eigenvalue weighted by Gasteiger charge is 2.26. The average Bonchev–Trinajstić information content (AvgIpc) is 2.97. The summed E-state index contributed by atoms with van der Waals surface area (Å²) in [4.78, 5) is 0. The van der Waals surface area contributed by atoms with Crippen LogP contribution in [0.1, 0.15) is 26.3 Å². The van der Waals surface area contributed by atoms with Crippen molar-refractivity contribution in [3.63, 3.8) is 0 Å². The molecule has 0 N–H and O–H groups in total. The molecular formula is C18H17BrN2O2S. The molecule has 1 heterocycles. The molecule has 1 aromatic heterocycles. The molecule has 24 heavy (non-hydrogen) atoms. The minimum atomic E-state index is -1.31. The van der Waals surface area contributed by atoms with Gasteiger partial charge in [-0.15, -0.1) is 0 Å². The molecule has 0 aliphatic rings. The molecule has 0 saturated heterocycles. The molecule has 0 radical (unpaired) electrons. The van der Waals surface area contributed by atoms with Crippen molar-refractivity contribution in [2.24, 2.45) is 4.40 Å². The van der Waals surface area contributed by atoms with Crippen LogP contribution < -0.4 is 0 Å². The number of aromatic nitrogens is 1. The molecule has 2 aromatic carbocycles. The van der Waals surface area contributed by atoms with Crippen LogP contribution in [0.5, 0.6) is 0 Å². The molecule has 0 spiro atoms. The Morgan fingerprint density at radius 1 is 1.17 bits per heavy atom. The van der Waals surface area contributed by atoms with E-state index < -0.39 is 16.1 Å². The molecule has 0 saturated carbocycles. The SMILES string of the molecule is CC(C)(C)[S@+]([O-])/N=C/c1ccccc1-c1noc2cccc(Br)c12. The van der Waals surface area contributed by atoms with Crippen LogP contribution in [0, 0.1) is 0 Å². The standard InChI is InChI=1S/C18H17BrN2O2S/c1-18(2,3)24(22)20-11-12-7-4-5-8-13(12)17-16-14(19)9-6-10-15(16)23-21-17/h4-11H,1-3H3/b20-11+/t24-/m0/s1. The Morgan fingerprint density at radius 3 is 2.67 bits per heavy atom. The monoisotopic (exact) mass is 404 g/mol. The molecule has 4 nitrogen and oxygen atoms in total. The molecule has 3 rings (SSSR count). The van der Waals surface area contributed by atoms with Gasteiger partial charge in [0.2, 0.25) is 0 Å². The number of rotatable bonds is 3. The largest absolute Gasteiger partial charge is 0.591 e. The first-order chi connectivity index (χ1) is 11.4. The highest BCUT2D eigenvalue weighted by Crippen LogP contribution is 2.34. The lowest BCUT2D eigenvalue weighted by Gasteiger charge is -2.17. The fourth-order valence-corrected chi connectivity index (χ4v) is 3.28. The van der Waals surface area contributed by atoms with Crippen LogP contribution in [0.3, 0.4) is 0 Å². The molecule has 1 atom stereocenters. The fourth-order valence-electron chi connectivity index (χ4n) is 2.22. The number of halogens is 1. The van der Waals surface area contributed by atoms with E-state index >= 15 is 0 Å². The summed E-state index contributed by atoms with van der Waals surface area (Å²) in [5.41, 5.74) is 3.18. The van der Waals surface area contributed by atoms with E-state index in [0.717, 1.165) is 26.7 Å². The first kappa shape index (κ1) is 17.2. The molecule has 0 fully saturated rings. The van der Waals surface area contributed by atoms with E-state index in [0.29, 0.717) is 5.58 Å². The van der Waals surface area contributed by atoms with Gasteiger partial charge in [0.05, 0.1) is 11.6 Å². The zero-order valence-corrected chi connectivity index (χ0v) is 16.0. The number of hydrogen-bond donors (Lipinski definition) is 0. The maximum absolute atomic E-state index is 12.2. The highest BCUT2D eigenvalue weighted by atomic mass is 79.9. The third kappa shape index (κ3) is 3.41. The molecule has 0 aliphatic heterocycles. The average molecular weight is 405 g/mol. The lowest BCUT2D eigenvalue weighted by Crippen LogP contribution is -2.25. The molecular weight excluding hydrogens is 388 g/mol. The summed E-state index contributed by atoms with van der Waals surface area (Å²) < 4.78 is 22.3. The van der Waals surface area contributed by atoms with Gasteiger partial charge >= 0.3 is 0 Å². The Hall–Kier alpha value is -1.63. The van der Waals surface area contributed by atoms with Gasteiger partial charge in [-0.25, -0.2) is 0 Å². The second-order valence-corrected chi connectivity index (χ2v) is 9.12. The lowest BCUT2D eigenvalue weighted by atomic mass is 10.0. The number of fused-ring (bicyclic) bond motifs is 1. The van der Waals surface area contributed by atoms with Crippen LogP contribution in [0.4, 0.5) is 0 Å². The Morgan fingerprint density at radius 2 is 1.92 bits per heavy atom. The fraction of sp³-hybridized carbons (Fsp3) is 0.222.